The molecule has 5 aliphatic heterocycles. The summed E-state index contributed by atoms with van der Waals surface area (Å²) in [6.45, 7) is -0.235. The van der Waals surface area contributed by atoms with E-state index in [1.807, 2.05) is 23.5 Å². The van der Waals surface area contributed by atoms with Crippen LogP contribution in [0, 0.1) is 0 Å². The van der Waals surface area contributed by atoms with Crippen LogP contribution < -0.4 is 27.0 Å². The molecule has 1 unspecified atom stereocenters. The number of fused-ring (bicyclic) bond motifs is 3. The number of aliphatic hydroxyl groups is 1. The van der Waals surface area contributed by atoms with E-state index in [1.54, 1.807) is 0 Å². The molecule has 0 aliphatic carbocycles. The van der Waals surface area contributed by atoms with Crippen molar-refractivity contribution in [3.05, 3.63) is 12.7 Å². The highest BCUT2D eigenvalue weighted by Gasteiger charge is 2.49. The van der Waals surface area contributed by atoms with Crippen LogP contribution >= 0.6 is 23.5 Å². The number of rotatable bonds is 14. The van der Waals surface area contributed by atoms with Crippen LogP contribution in [0.3, 0.4) is 0 Å². The van der Waals surface area contributed by atoms with E-state index < -0.39 is 36.5 Å². The third-order valence-corrected chi connectivity index (χ3v) is 12.8. The SMILES string of the molecule is Nc1ncnc2c1ncn2[C@@H]1O[C@H](COC(=O)CCCC[C@@H]2SC[C@@H]3NC(=O)N[C@@H]32)C(O)[C@@H]1OC(=O)CCCC[C@@H]1SC[C@@H]2NC(=O)N[C@@H]21. The Morgan fingerprint density at radius 1 is 0.918 bits per heavy atom. The number of aromatic nitrogens is 4. The van der Waals surface area contributed by atoms with Crippen molar-refractivity contribution in [2.75, 3.05) is 23.8 Å². The number of esters is 2. The zero-order valence-electron chi connectivity index (χ0n) is 26.7. The molecule has 0 bridgehead atoms. The minimum absolute atomic E-state index is 0.101. The lowest BCUT2D eigenvalue weighted by molar-refractivity contribution is -0.158. The number of hydrogen-bond donors (Lipinski definition) is 6. The van der Waals surface area contributed by atoms with E-state index in [2.05, 4.69) is 36.2 Å². The van der Waals surface area contributed by atoms with E-state index in [-0.39, 0.29) is 66.7 Å². The lowest BCUT2D eigenvalue weighted by atomic mass is 10.0. The molecule has 266 valence electrons. The number of hydrogen-bond acceptors (Lipinski definition) is 14. The molecule has 0 aromatic carbocycles. The number of amides is 4. The van der Waals surface area contributed by atoms with Gasteiger partial charge in [-0.15, -0.1) is 0 Å². The quantitative estimate of drug-likeness (QED) is 0.0891. The fraction of sp³-hybridized carbons (Fsp3) is 0.700. The average molecular weight is 720 g/mol. The molecule has 5 fully saturated rings. The number of anilines is 1. The Balaban J connectivity index is 0.906. The molecule has 10 atom stereocenters. The second-order valence-electron chi connectivity index (χ2n) is 13.0. The van der Waals surface area contributed by atoms with E-state index in [9.17, 15) is 24.3 Å². The van der Waals surface area contributed by atoms with Gasteiger partial charge < -0.3 is 46.3 Å². The number of urea groups is 2. The van der Waals surface area contributed by atoms with Gasteiger partial charge in [-0.3, -0.25) is 14.2 Å². The fourth-order valence-electron chi connectivity index (χ4n) is 7.24. The first-order valence-corrected chi connectivity index (χ1v) is 18.8. The molecule has 17 nitrogen and oxygen atoms in total. The number of unbranched alkanes of at least 4 members (excludes halogenated alkanes) is 2. The Bertz CT molecular complexity index is 1570. The number of nitrogens with one attached hydrogen (secondary N) is 4. The molecule has 0 radical (unpaired) electrons. The minimum atomic E-state index is -1.30. The molecule has 19 heteroatoms. The lowest BCUT2D eigenvalue weighted by Crippen LogP contribution is -2.37. The highest BCUT2D eigenvalue weighted by molar-refractivity contribution is 8.00. The van der Waals surface area contributed by atoms with Crippen LogP contribution in [0.25, 0.3) is 11.2 Å². The van der Waals surface area contributed by atoms with E-state index in [0.717, 1.165) is 37.2 Å². The summed E-state index contributed by atoms with van der Waals surface area (Å²) in [6.07, 6.45) is 3.15. The van der Waals surface area contributed by atoms with E-state index >= 15 is 0 Å². The van der Waals surface area contributed by atoms with Crippen LogP contribution in [-0.4, -0.2) is 120 Å². The molecule has 7 rings (SSSR count). The zero-order chi connectivity index (χ0) is 34.1. The summed E-state index contributed by atoms with van der Waals surface area (Å²) >= 11 is 3.65. The van der Waals surface area contributed by atoms with Gasteiger partial charge in [0.1, 0.15) is 30.7 Å². The molecular formula is C30H41N9O8S2. The monoisotopic (exact) mass is 719 g/mol. The van der Waals surface area contributed by atoms with Crippen molar-refractivity contribution in [1.29, 1.82) is 0 Å². The van der Waals surface area contributed by atoms with E-state index in [1.165, 1.54) is 17.2 Å². The number of aliphatic hydroxyl groups excluding tert-OH is 1. The minimum Gasteiger partial charge on any atom is -0.463 e. The van der Waals surface area contributed by atoms with Crippen molar-refractivity contribution in [3.63, 3.8) is 0 Å². The molecule has 5 aliphatic rings. The molecule has 4 amide bonds. The number of nitrogens with zero attached hydrogens (tertiary/aromatic N) is 4. The molecule has 0 saturated carbocycles. The predicted octanol–water partition coefficient (Wildman–Crippen LogP) is 0.573. The van der Waals surface area contributed by atoms with Gasteiger partial charge in [-0.05, 0) is 25.7 Å². The Morgan fingerprint density at radius 3 is 2.20 bits per heavy atom. The van der Waals surface area contributed by atoms with Crippen molar-refractivity contribution in [1.82, 2.24) is 40.8 Å². The first-order chi connectivity index (χ1) is 23.7. The molecule has 0 spiro atoms. The van der Waals surface area contributed by atoms with Gasteiger partial charge in [0, 0.05) is 34.8 Å². The lowest BCUT2D eigenvalue weighted by Gasteiger charge is -2.22. The largest absolute Gasteiger partial charge is 0.463 e. The molecule has 2 aromatic rings. The van der Waals surface area contributed by atoms with Crippen LogP contribution in [0.15, 0.2) is 12.7 Å². The number of nitrogens with two attached hydrogens (primary N) is 1. The maximum Gasteiger partial charge on any atom is 0.315 e. The van der Waals surface area contributed by atoms with Gasteiger partial charge in [0.2, 0.25) is 0 Å². The van der Waals surface area contributed by atoms with Crippen LogP contribution in [-0.2, 0) is 23.8 Å². The Labute approximate surface area is 290 Å². The van der Waals surface area contributed by atoms with Crippen molar-refractivity contribution in [3.8, 4) is 0 Å². The third-order valence-electron chi connectivity index (χ3n) is 9.77. The summed E-state index contributed by atoms with van der Waals surface area (Å²) in [6, 6.07) is 0.276. The Hall–Kier alpha value is -3.55. The van der Waals surface area contributed by atoms with Gasteiger partial charge in [0.15, 0.2) is 23.8 Å². The summed E-state index contributed by atoms with van der Waals surface area (Å²) in [4.78, 5) is 61.5. The second kappa shape index (κ2) is 14.7. The standard InChI is InChI=1S/C30H41N9O8S2/c31-26-23-27(33-12-32-26)39(13-34-23)28-25(47-20(41)8-4-2-6-18-22-15(11-49-18)36-30(44)38-22)24(42)16(46-28)9-45-19(40)7-3-1-5-17-21-14(10-48-17)35-29(43)37-21/h12-18,21-22,24-25,28,42H,1-11H2,(H2,31,32,33)(H2,35,37,43)(H2,36,38,44)/t14-,15-,16+,17-,18-,21-,22-,24?,25-,28+/m0/s1. The molecule has 7 heterocycles. The van der Waals surface area contributed by atoms with Crippen molar-refractivity contribution >= 4 is 64.5 Å². The Kier molecular flexibility index (Phi) is 10.2. The van der Waals surface area contributed by atoms with Gasteiger partial charge in [-0.1, -0.05) is 12.8 Å². The topological polar surface area (TPSA) is 234 Å². The van der Waals surface area contributed by atoms with Gasteiger partial charge in [0.25, 0.3) is 0 Å². The third kappa shape index (κ3) is 7.34. The number of nitrogen functional groups attached to an aromatic ring is 1. The van der Waals surface area contributed by atoms with Gasteiger partial charge in [0.05, 0.1) is 30.5 Å². The number of ether oxygens (including phenoxy) is 3. The number of carbonyl (C=O) groups is 4. The van der Waals surface area contributed by atoms with Crippen LogP contribution in [0.2, 0.25) is 0 Å². The first kappa shape index (κ1) is 33.9. The van der Waals surface area contributed by atoms with Gasteiger partial charge in [-0.25, -0.2) is 24.5 Å². The van der Waals surface area contributed by atoms with Crippen LogP contribution in [0.5, 0.6) is 0 Å². The Morgan fingerprint density at radius 2 is 1.55 bits per heavy atom. The number of carbonyl (C=O) groups excluding carboxylic acids is 4. The molecule has 7 N–H and O–H groups in total. The van der Waals surface area contributed by atoms with Crippen LogP contribution in [0.1, 0.15) is 57.6 Å². The predicted molar refractivity (Wildman–Crippen MR) is 178 cm³/mol. The van der Waals surface area contributed by atoms with Crippen molar-refractivity contribution in [2.45, 2.75) is 111 Å². The highest BCUT2D eigenvalue weighted by atomic mass is 32.2. The van der Waals surface area contributed by atoms with E-state index in [4.69, 9.17) is 19.9 Å². The summed E-state index contributed by atoms with van der Waals surface area (Å²) < 4.78 is 19.0. The van der Waals surface area contributed by atoms with E-state index in [0.29, 0.717) is 29.3 Å². The van der Waals surface area contributed by atoms with Crippen molar-refractivity contribution in [2.24, 2.45) is 0 Å². The smallest absolute Gasteiger partial charge is 0.315 e. The second-order valence-corrected chi connectivity index (χ2v) is 15.6. The van der Waals surface area contributed by atoms with Gasteiger partial charge >= 0.3 is 24.0 Å². The van der Waals surface area contributed by atoms with Crippen molar-refractivity contribution < 1.29 is 38.5 Å². The number of imidazole rings is 1. The summed E-state index contributed by atoms with van der Waals surface area (Å²) in [7, 11) is 0. The highest BCUT2D eigenvalue weighted by Crippen LogP contribution is 2.36. The maximum atomic E-state index is 13.0. The van der Waals surface area contributed by atoms with Gasteiger partial charge in [-0.2, -0.15) is 23.5 Å². The first-order valence-electron chi connectivity index (χ1n) is 16.7. The summed E-state index contributed by atoms with van der Waals surface area (Å²) in [5.41, 5.74) is 6.64. The zero-order valence-corrected chi connectivity index (χ0v) is 28.3. The molecule has 2 aromatic heterocycles. The average Bonchev–Trinajstić information content (AvgIpc) is 3.92. The summed E-state index contributed by atoms with van der Waals surface area (Å²) in [5, 5.41) is 23.7. The molecule has 49 heavy (non-hydrogen) atoms. The fourth-order valence-corrected chi connectivity index (χ4v) is 10.3. The normalized spacial score (nSPS) is 33.1. The molecular weight excluding hydrogens is 679 g/mol. The molecule has 5 saturated heterocycles. The number of thioether (sulfide) groups is 2. The maximum absolute atomic E-state index is 13.0. The summed E-state index contributed by atoms with van der Waals surface area (Å²) in [5.74, 6) is 0.993. The van der Waals surface area contributed by atoms with Crippen LogP contribution in [0.4, 0.5) is 15.4 Å².